The molecule has 0 saturated carbocycles. The fraction of sp³-hybridized carbons (Fsp3) is 0.467. The molecule has 2 rings (SSSR count). The molecule has 22 heavy (non-hydrogen) atoms. The van der Waals surface area contributed by atoms with E-state index in [1.54, 1.807) is 36.1 Å². The topological polar surface area (TPSA) is 67.9 Å². The molecule has 0 spiro atoms. The van der Waals surface area contributed by atoms with E-state index in [-0.39, 0.29) is 18.4 Å². The first kappa shape index (κ1) is 16.6. The molecule has 1 fully saturated rings. The van der Waals surface area contributed by atoms with Gasteiger partial charge >= 0.3 is 0 Å². The molecule has 7 heteroatoms. The predicted molar refractivity (Wildman–Crippen MR) is 82.0 cm³/mol. The average Bonchev–Trinajstić information content (AvgIpc) is 2.54. The molecule has 1 aliphatic rings. The molecule has 0 radical (unpaired) electrons. The highest BCUT2D eigenvalue weighted by Gasteiger charge is 2.23. The fourth-order valence-electron chi connectivity index (χ4n) is 2.08. The summed E-state index contributed by atoms with van der Waals surface area (Å²) in [5.74, 6) is 0.0962. The molecule has 0 aromatic heterocycles. The van der Waals surface area contributed by atoms with Crippen molar-refractivity contribution in [2.45, 2.75) is 13.0 Å². The minimum atomic E-state index is -0.584. The quantitative estimate of drug-likeness (QED) is 0.879. The van der Waals surface area contributed by atoms with E-state index in [0.717, 1.165) is 0 Å². The van der Waals surface area contributed by atoms with E-state index < -0.39 is 6.04 Å². The molecular formula is C15H19ClN2O4. The van der Waals surface area contributed by atoms with Crippen LogP contribution < -0.4 is 10.1 Å². The van der Waals surface area contributed by atoms with E-state index in [0.29, 0.717) is 37.1 Å². The van der Waals surface area contributed by atoms with Gasteiger partial charge in [0.2, 0.25) is 5.91 Å². The van der Waals surface area contributed by atoms with Gasteiger partial charge < -0.3 is 19.7 Å². The predicted octanol–water partition coefficient (Wildman–Crippen LogP) is 1.08. The lowest BCUT2D eigenvalue weighted by atomic mass is 10.2. The Bertz CT molecular complexity index is 515. The summed E-state index contributed by atoms with van der Waals surface area (Å²) >= 11 is 5.77. The normalized spacial score (nSPS) is 16.0. The summed E-state index contributed by atoms with van der Waals surface area (Å²) in [5, 5.41) is 3.24. The number of morpholine rings is 1. The highest BCUT2D eigenvalue weighted by atomic mass is 35.5. The van der Waals surface area contributed by atoms with Crippen molar-refractivity contribution in [1.82, 2.24) is 10.2 Å². The number of benzene rings is 1. The van der Waals surface area contributed by atoms with Crippen molar-refractivity contribution in [3.63, 3.8) is 0 Å². The van der Waals surface area contributed by atoms with Crippen LogP contribution >= 0.6 is 11.6 Å². The van der Waals surface area contributed by atoms with Crippen LogP contribution in [0, 0.1) is 0 Å². The smallest absolute Gasteiger partial charge is 0.258 e. The lowest BCUT2D eigenvalue weighted by Crippen LogP contribution is -2.51. The van der Waals surface area contributed by atoms with Gasteiger partial charge in [0.15, 0.2) is 6.61 Å². The highest BCUT2D eigenvalue weighted by Crippen LogP contribution is 2.15. The molecule has 1 saturated heterocycles. The van der Waals surface area contributed by atoms with Crippen LogP contribution in [0.3, 0.4) is 0 Å². The SMILES string of the molecule is C[C@H](NC(=O)COc1ccc(Cl)cc1)C(=O)N1CCOCC1. The fourth-order valence-corrected chi connectivity index (χ4v) is 2.21. The van der Waals surface area contributed by atoms with Gasteiger partial charge in [0.1, 0.15) is 11.8 Å². The Hall–Kier alpha value is -1.79. The molecule has 2 amide bonds. The molecule has 1 heterocycles. The van der Waals surface area contributed by atoms with E-state index in [9.17, 15) is 9.59 Å². The van der Waals surface area contributed by atoms with Crippen molar-refractivity contribution >= 4 is 23.4 Å². The summed E-state index contributed by atoms with van der Waals surface area (Å²) < 4.78 is 10.5. The van der Waals surface area contributed by atoms with E-state index in [1.165, 1.54) is 0 Å². The molecule has 1 aromatic rings. The van der Waals surface area contributed by atoms with Gasteiger partial charge in [-0.25, -0.2) is 0 Å². The largest absolute Gasteiger partial charge is 0.484 e. The first-order chi connectivity index (χ1) is 10.6. The van der Waals surface area contributed by atoms with E-state index in [4.69, 9.17) is 21.1 Å². The minimum Gasteiger partial charge on any atom is -0.484 e. The zero-order valence-electron chi connectivity index (χ0n) is 12.4. The second-order valence-electron chi connectivity index (χ2n) is 4.97. The van der Waals surface area contributed by atoms with E-state index in [2.05, 4.69) is 5.32 Å². The van der Waals surface area contributed by atoms with Gasteiger partial charge in [-0.1, -0.05) is 11.6 Å². The van der Waals surface area contributed by atoms with Crippen LogP contribution in [0.1, 0.15) is 6.92 Å². The number of rotatable bonds is 5. The third-order valence-electron chi connectivity index (χ3n) is 3.25. The molecule has 0 bridgehead atoms. The van der Waals surface area contributed by atoms with Crippen molar-refractivity contribution in [2.24, 2.45) is 0 Å². The number of hydrogen-bond acceptors (Lipinski definition) is 4. The summed E-state index contributed by atoms with van der Waals surface area (Å²) in [5.41, 5.74) is 0. The number of carbonyl (C=O) groups excluding carboxylic acids is 2. The van der Waals surface area contributed by atoms with Crippen LogP contribution in [0.2, 0.25) is 5.02 Å². The maximum absolute atomic E-state index is 12.1. The van der Waals surface area contributed by atoms with E-state index in [1.807, 2.05) is 0 Å². The van der Waals surface area contributed by atoms with Gasteiger partial charge in [0, 0.05) is 18.1 Å². The van der Waals surface area contributed by atoms with Crippen LogP contribution in [-0.4, -0.2) is 55.7 Å². The van der Waals surface area contributed by atoms with Gasteiger partial charge in [-0.3, -0.25) is 9.59 Å². The summed E-state index contributed by atoms with van der Waals surface area (Å²) in [4.78, 5) is 25.7. The Kier molecular flexibility index (Phi) is 6.03. The number of halogens is 1. The first-order valence-electron chi connectivity index (χ1n) is 7.10. The molecule has 1 aliphatic heterocycles. The van der Waals surface area contributed by atoms with Crippen molar-refractivity contribution < 1.29 is 19.1 Å². The maximum atomic E-state index is 12.1. The zero-order chi connectivity index (χ0) is 15.9. The second kappa shape index (κ2) is 8.00. The van der Waals surface area contributed by atoms with Gasteiger partial charge in [0.05, 0.1) is 13.2 Å². The third kappa shape index (κ3) is 4.89. The van der Waals surface area contributed by atoms with Gasteiger partial charge in [-0.2, -0.15) is 0 Å². The van der Waals surface area contributed by atoms with Gasteiger partial charge in [-0.15, -0.1) is 0 Å². The molecule has 6 nitrogen and oxygen atoms in total. The Balaban J connectivity index is 1.75. The third-order valence-corrected chi connectivity index (χ3v) is 3.51. The van der Waals surface area contributed by atoms with Crippen molar-refractivity contribution in [2.75, 3.05) is 32.9 Å². The van der Waals surface area contributed by atoms with Crippen LogP contribution in [0.25, 0.3) is 0 Å². The molecule has 120 valence electrons. The van der Waals surface area contributed by atoms with E-state index >= 15 is 0 Å². The summed E-state index contributed by atoms with van der Waals surface area (Å²) in [6.07, 6.45) is 0. The number of nitrogens with one attached hydrogen (secondary N) is 1. The molecule has 1 N–H and O–H groups in total. The van der Waals surface area contributed by atoms with Crippen LogP contribution in [0.5, 0.6) is 5.75 Å². The summed E-state index contributed by atoms with van der Waals surface area (Å²) in [6, 6.07) is 6.13. The van der Waals surface area contributed by atoms with Crippen molar-refractivity contribution in [3.05, 3.63) is 29.3 Å². The Morgan fingerprint density at radius 2 is 1.95 bits per heavy atom. The summed E-state index contributed by atoms with van der Waals surface area (Å²) in [7, 11) is 0. The Morgan fingerprint density at radius 1 is 1.32 bits per heavy atom. The Labute approximate surface area is 134 Å². The van der Waals surface area contributed by atoms with Crippen LogP contribution in [0.15, 0.2) is 24.3 Å². The minimum absolute atomic E-state index is 0.108. The standard InChI is InChI=1S/C15H19ClN2O4/c1-11(15(20)18-6-8-21-9-7-18)17-14(19)10-22-13-4-2-12(16)3-5-13/h2-5,11H,6-10H2,1H3,(H,17,19)/t11-/m0/s1. The monoisotopic (exact) mass is 326 g/mol. The van der Waals surface area contributed by atoms with Gasteiger partial charge in [-0.05, 0) is 31.2 Å². The lowest BCUT2D eigenvalue weighted by Gasteiger charge is -2.29. The summed E-state index contributed by atoms with van der Waals surface area (Å²) in [6.45, 7) is 3.69. The first-order valence-corrected chi connectivity index (χ1v) is 7.48. The number of hydrogen-bond donors (Lipinski definition) is 1. The van der Waals surface area contributed by atoms with Crippen molar-refractivity contribution in [3.8, 4) is 5.75 Å². The zero-order valence-corrected chi connectivity index (χ0v) is 13.1. The highest BCUT2D eigenvalue weighted by molar-refractivity contribution is 6.30. The van der Waals surface area contributed by atoms with Crippen molar-refractivity contribution in [1.29, 1.82) is 0 Å². The molecule has 0 aliphatic carbocycles. The van der Waals surface area contributed by atoms with Gasteiger partial charge in [0.25, 0.3) is 5.91 Å². The van der Waals surface area contributed by atoms with Crippen LogP contribution in [0.4, 0.5) is 0 Å². The number of amides is 2. The maximum Gasteiger partial charge on any atom is 0.258 e. The average molecular weight is 327 g/mol. The molecule has 1 atom stereocenters. The Morgan fingerprint density at radius 3 is 2.59 bits per heavy atom. The second-order valence-corrected chi connectivity index (χ2v) is 5.41. The van der Waals surface area contributed by atoms with Crippen LogP contribution in [-0.2, 0) is 14.3 Å². The number of ether oxygens (including phenoxy) is 2. The molecular weight excluding hydrogens is 308 g/mol. The number of carbonyl (C=O) groups is 2. The number of nitrogens with zero attached hydrogens (tertiary/aromatic N) is 1. The lowest BCUT2D eigenvalue weighted by molar-refractivity contribution is -0.139. The molecule has 0 unspecified atom stereocenters. The molecule has 1 aromatic carbocycles.